The minimum atomic E-state index is -0.500. The van der Waals surface area contributed by atoms with Gasteiger partial charge in [-0.25, -0.2) is 9.37 Å². The van der Waals surface area contributed by atoms with Gasteiger partial charge in [0.15, 0.2) is 0 Å². The Morgan fingerprint density at radius 2 is 1.97 bits per heavy atom. The summed E-state index contributed by atoms with van der Waals surface area (Å²) in [6, 6.07) is 10.3. The third-order valence-corrected chi connectivity index (χ3v) is 5.82. The zero-order valence-electron chi connectivity index (χ0n) is 17.9. The van der Waals surface area contributed by atoms with Crippen LogP contribution >= 0.6 is 11.3 Å². The Morgan fingerprint density at radius 1 is 1.20 bits per heavy atom. The molecule has 0 radical (unpaired) electrons. The zero-order valence-corrected chi connectivity index (χ0v) is 18.7. The van der Waals surface area contributed by atoms with Gasteiger partial charge in [0, 0.05) is 11.9 Å². The molecule has 1 amide bonds. The van der Waals surface area contributed by atoms with Gasteiger partial charge in [-0.15, -0.1) is 11.3 Å². The van der Waals surface area contributed by atoms with Crippen molar-refractivity contribution in [3.63, 3.8) is 0 Å². The molecule has 158 valence electrons. The number of halogens is 1. The molecule has 0 spiro atoms. The van der Waals surface area contributed by atoms with Crippen LogP contribution in [0.3, 0.4) is 0 Å². The molecule has 6 heteroatoms. The third kappa shape index (κ3) is 5.25. The van der Waals surface area contributed by atoms with Crippen LogP contribution in [0.2, 0.25) is 0 Å². The summed E-state index contributed by atoms with van der Waals surface area (Å²) < 4.78 is 20.1. The van der Waals surface area contributed by atoms with Crippen LogP contribution in [0.4, 0.5) is 4.39 Å². The molecule has 2 aromatic carbocycles. The van der Waals surface area contributed by atoms with Gasteiger partial charge in [-0.2, -0.15) is 0 Å². The molecule has 0 N–H and O–H groups in total. The second kappa shape index (κ2) is 9.85. The highest BCUT2D eigenvalue weighted by atomic mass is 32.1. The topological polar surface area (TPSA) is 42.4 Å². The summed E-state index contributed by atoms with van der Waals surface area (Å²) in [5.41, 5.74) is 4.37. The van der Waals surface area contributed by atoms with Crippen molar-refractivity contribution in [2.24, 2.45) is 0 Å². The SMILES string of the molecule is CCCN(Cc1csc(COc2cc(C)cc(C)c2C)n1)C(=O)c1ccccc1F. The van der Waals surface area contributed by atoms with E-state index < -0.39 is 5.82 Å². The summed E-state index contributed by atoms with van der Waals surface area (Å²) in [5, 5.41) is 2.78. The second-order valence-electron chi connectivity index (χ2n) is 7.43. The Bertz CT molecular complexity index is 1030. The number of benzene rings is 2. The summed E-state index contributed by atoms with van der Waals surface area (Å²) >= 11 is 1.51. The molecule has 0 unspecified atom stereocenters. The molecule has 0 fully saturated rings. The lowest BCUT2D eigenvalue weighted by molar-refractivity contribution is 0.0736. The minimum Gasteiger partial charge on any atom is -0.486 e. The molecule has 0 saturated carbocycles. The van der Waals surface area contributed by atoms with E-state index in [1.54, 1.807) is 17.0 Å². The number of nitrogens with zero attached hydrogens (tertiary/aromatic N) is 2. The molecule has 0 aliphatic heterocycles. The summed E-state index contributed by atoms with van der Waals surface area (Å²) in [6.45, 7) is 9.44. The first-order valence-corrected chi connectivity index (χ1v) is 10.9. The van der Waals surface area contributed by atoms with E-state index >= 15 is 0 Å². The maximum atomic E-state index is 14.1. The van der Waals surface area contributed by atoms with Gasteiger partial charge < -0.3 is 9.64 Å². The predicted octanol–water partition coefficient (Wildman–Crippen LogP) is 5.84. The van der Waals surface area contributed by atoms with Crippen molar-refractivity contribution in [2.75, 3.05) is 6.54 Å². The second-order valence-corrected chi connectivity index (χ2v) is 8.38. The van der Waals surface area contributed by atoms with E-state index in [0.29, 0.717) is 19.7 Å². The van der Waals surface area contributed by atoms with Crippen LogP contribution in [0.1, 0.15) is 51.1 Å². The van der Waals surface area contributed by atoms with Crippen molar-refractivity contribution in [3.8, 4) is 5.75 Å². The number of amides is 1. The Balaban J connectivity index is 1.69. The number of carbonyl (C=O) groups excluding carboxylic acids is 1. The number of hydrogen-bond donors (Lipinski definition) is 0. The van der Waals surface area contributed by atoms with Crippen LogP contribution in [-0.4, -0.2) is 22.3 Å². The van der Waals surface area contributed by atoms with E-state index in [2.05, 4.69) is 24.9 Å². The number of hydrogen-bond acceptors (Lipinski definition) is 4. The van der Waals surface area contributed by atoms with E-state index in [1.165, 1.54) is 29.0 Å². The molecular formula is C24H27FN2O2S. The number of aryl methyl sites for hydroxylation is 2. The normalized spacial score (nSPS) is 10.8. The molecule has 3 rings (SSSR count). The molecule has 0 atom stereocenters. The Kier molecular flexibility index (Phi) is 7.21. The van der Waals surface area contributed by atoms with E-state index in [1.807, 2.05) is 25.3 Å². The van der Waals surface area contributed by atoms with Gasteiger partial charge in [0.05, 0.1) is 17.8 Å². The summed E-state index contributed by atoms with van der Waals surface area (Å²) in [7, 11) is 0. The van der Waals surface area contributed by atoms with E-state index in [0.717, 1.165) is 34.0 Å². The van der Waals surface area contributed by atoms with Crippen molar-refractivity contribution in [1.82, 2.24) is 9.88 Å². The lowest BCUT2D eigenvalue weighted by Gasteiger charge is -2.21. The number of rotatable bonds is 8. The van der Waals surface area contributed by atoms with Crippen molar-refractivity contribution in [2.45, 2.75) is 47.3 Å². The summed E-state index contributed by atoms with van der Waals surface area (Å²) in [5.74, 6) is 0.0537. The fourth-order valence-electron chi connectivity index (χ4n) is 3.30. The van der Waals surface area contributed by atoms with Gasteiger partial charge in [-0.3, -0.25) is 4.79 Å². The van der Waals surface area contributed by atoms with Gasteiger partial charge in [0.2, 0.25) is 0 Å². The molecular weight excluding hydrogens is 399 g/mol. The summed E-state index contributed by atoms with van der Waals surface area (Å²) in [6.07, 6.45) is 0.784. The molecule has 4 nitrogen and oxygen atoms in total. The van der Waals surface area contributed by atoms with Crippen molar-refractivity contribution < 1.29 is 13.9 Å². The Morgan fingerprint density at radius 3 is 2.70 bits per heavy atom. The number of aromatic nitrogens is 1. The van der Waals surface area contributed by atoms with Crippen LogP contribution < -0.4 is 4.74 Å². The highest BCUT2D eigenvalue weighted by Crippen LogP contribution is 2.25. The maximum absolute atomic E-state index is 14.1. The lowest BCUT2D eigenvalue weighted by atomic mass is 10.1. The standard InChI is InChI=1S/C24H27FN2O2S/c1-5-10-27(24(28)20-8-6-7-9-21(20)25)13-19-15-30-23(26-19)14-29-22-12-16(2)11-17(3)18(22)4/h6-9,11-12,15H,5,10,13-14H2,1-4H3. The van der Waals surface area contributed by atoms with Crippen molar-refractivity contribution >= 4 is 17.2 Å². The molecule has 1 heterocycles. The molecule has 30 heavy (non-hydrogen) atoms. The summed E-state index contributed by atoms with van der Waals surface area (Å²) in [4.78, 5) is 19.1. The minimum absolute atomic E-state index is 0.0926. The number of carbonyl (C=O) groups is 1. The van der Waals surface area contributed by atoms with E-state index in [9.17, 15) is 9.18 Å². The van der Waals surface area contributed by atoms with Crippen LogP contribution in [-0.2, 0) is 13.2 Å². The smallest absolute Gasteiger partial charge is 0.257 e. The van der Waals surface area contributed by atoms with Crippen LogP contribution in [0.25, 0.3) is 0 Å². The fourth-order valence-corrected chi connectivity index (χ4v) is 4.00. The van der Waals surface area contributed by atoms with Gasteiger partial charge >= 0.3 is 0 Å². The van der Waals surface area contributed by atoms with E-state index in [-0.39, 0.29) is 11.5 Å². The average molecular weight is 427 g/mol. The highest BCUT2D eigenvalue weighted by Gasteiger charge is 2.19. The third-order valence-electron chi connectivity index (χ3n) is 4.95. The van der Waals surface area contributed by atoms with Crippen molar-refractivity contribution in [1.29, 1.82) is 0 Å². The van der Waals surface area contributed by atoms with E-state index in [4.69, 9.17) is 4.74 Å². The molecule has 0 bridgehead atoms. The quantitative estimate of drug-likeness (QED) is 0.454. The first-order valence-electron chi connectivity index (χ1n) is 10.1. The van der Waals surface area contributed by atoms with Crippen LogP contribution in [0.15, 0.2) is 41.8 Å². The van der Waals surface area contributed by atoms with Crippen molar-refractivity contribution in [3.05, 3.63) is 80.6 Å². The molecule has 3 aromatic rings. The first kappa shape index (κ1) is 22.0. The largest absolute Gasteiger partial charge is 0.486 e. The van der Waals surface area contributed by atoms with Gasteiger partial charge in [0.1, 0.15) is 23.2 Å². The maximum Gasteiger partial charge on any atom is 0.257 e. The molecule has 0 aliphatic rings. The van der Waals surface area contributed by atoms with Gasteiger partial charge in [-0.05, 0) is 62.1 Å². The first-order chi connectivity index (χ1) is 14.4. The lowest BCUT2D eigenvalue weighted by Crippen LogP contribution is -2.32. The predicted molar refractivity (Wildman–Crippen MR) is 119 cm³/mol. The number of thiazole rings is 1. The van der Waals surface area contributed by atoms with Crippen LogP contribution in [0, 0.1) is 26.6 Å². The van der Waals surface area contributed by atoms with Crippen LogP contribution in [0.5, 0.6) is 5.75 Å². The Hall–Kier alpha value is -2.73. The zero-order chi connectivity index (χ0) is 21.7. The van der Waals surface area contributed by atoms with Gasteiger partial charge in [-0.1, -0.05) is 25.1 Å². The average Bonchev–Trinajstić information content (AvgIpc) is 3.16. The number of ether oxygens (including phenoxy) is 1. The van der Waals surface area contributed by atoms with Gasteiger partial charge in [0.25, 0.3) is 5.91 Å². The fraction of sp³-hybridized carbons (Fsp3) is 0.333. The highest BCUT2D eigenvalue weighted by molar-refractivity contribution is 7.09. The molecule has 0 saturated heterocycles. The molecule has 1 aromatic heterocycles. The monoisotopic (exact) mass is 426 g/mol. The molecule has 0 aliphatic carbocycles. The Labute approximate surface area is 181 Å².